The first kappa shape index (κ1) is 24.4. The number of amides is 1. The summed E-state index contributed by atoms with van der Waals surface area (Å²) in [5, 5.41) is 8.48. The van der Waals surface area contributed by atoms with Gasteiger partial charge in [0.2, 0.25) is 5.91 Å². The van der Waals surface area contributed by atoms with Gasteiger partial charge in [-0.3, -0.25) is 4.79 Å². The van der Waals surface area contributed by atoms with Crippen LogP contribution in [0.3, 0.4) is 0 Å². The van der Waals surface area contributed by atoms with Gasteiger partial charge in [-0.1, -0.05) is 25.0 Å². The molecule has 0 atom stereocenters. The van der Waals surface area contributed by atoms with Gasteiger partial charge in [0.05, 0.1) is 16.6 Å². The first-order chi connectivity index (χ1) is 16.3. The van der Waals surface area contributed by atoms with Gasteiger partial charge in [-0.25, -0.2) is 8.42 Å². The van der Waals surface area contributed by atoms with E-state index in [1.54, 1.807) is 38.1 Å². The van der Waals surface area contributed by atoms with Crippen molar-refractivity contribution in [3.05, 3.63) is 42.0 Å². The summed E-state index contributed by atoms with van der Waals surface area (Å²) < 4.78 is 24.6. The molecule has 0 bridgehead atoms. The highest BCUT2D eigenvalue weighted by Gasteiger charge is 2.23. The van der Waals surface area contributed by atoms with Crippen molar-refractivity contribution >= 4 is 27.4 Å². The lowest BCUT2D eigenvalue weighted by Crippen LogP contribution is -2.49. The van der Waals surface area contributed by atoms with Crippen molar-refractivity contribution in [1.82, 2.24) is 15.1 Å². The topological polar surface area (TPSA) is 86.7 Å². The molecule has 2 aliphatic heterocycles. The maximum Gasteiger partial charge on any atom is 0.227 e. The van der Waals surface area contributed by atoms with Crippen molar-refractivity contribution in [2.75, 3.05) is 49.1 Å². The van der Waals surface area contributed by atoms with E-state index in [1.807, 2.05) is 11.0 Å². The predicted molar refractivity (Wildman–Crippen MR) is 134 cm³/mol. The molecule has 2 aliphatic rings. The van der Waals surface area contributed by atoms with Gasteiger partial charge < -0.3 is 14.7 Å². The number of carbonyl (C=O) groups is 1. The van der Waals surface area contributed by atoms with Crippen LogP contribution in [0, 0.1) is 0 Å². The lowest BCUT2D eigenvalue weighted by molar-refractivity contribution is -0.130. The van der Waals surface area contributed by atoms with Crippen LogP contribution in [0.15, 0.2) is 41.3 Å². The molecule has 0 N–H and O–H groups in total. The van der Waals surface area contributed by atoms with Crippen LogP contribution < -0.4 is 9.80 Å². The molecule has 2 saturated heterocycles. The molecule has 0 spiro atoms. The molecule has 8 nitrogen and oxygen atoms in total. The van der Waals surface area contributed by atoms with E-state index in [-0.39, 0.29) is 12.3 Å². The minimum Gasteiger partial charge on any atom is -0.355 e. The second-order valence-corrected chi connectivity index (χ2v) is 11.9. The number of anilines is 2. The normalized spacial score (nSPS) is 17.7. The molecule has 3 heterocycles. The van der Waals surface area contributed by atoms with Crippen molar-refractivity contribution in [3.8, 4) is 0 Å². The van der Waals surface area contributed by atoms with Crippen molar-refractivity contribution < 1.29 is 13.2 Å². The zero-order valence-electron chi connectivity index (χ0n) is 20.2. The molecular formula is C25H35N5O3S. The van der Waals surface area contributed by atoms with Crippen LogP contribution in [-0.2, 0) is 21.1 Å². The minimum absolute atomic E-state index is 0.0571. The molecule has 4 rings (SSSR count). The fourth-order valence-corrected chi connectivity index (χ4v) is 5.56. The number of nitrogens with zero attached hydrogens (tertiary/aromatic N) is 5. The maximum atomic E-state index is 12.8. The predicted octanol–water partition coefficient (Wildman–Crippen LogP) is 2.93. The SMILES string of the molecule is CC(C)S(=O)(=O)c1ccc(CC(=O)N2CCN(c3ccc(N4CCCCCC4)nn3)CC2)cc1. The van der Waals surface area contributed by atoms with E-state index in [0.717, 1.165) is 43.4 Å². The summed E-state index contributed by atoms with van der Waals surface area (Å²) in [6, 6.07) is 10.8. The van der Waals surface area contributed by atoms with Gasteiger partial charge >= 0.3 is 0 Å². The molecule has 9 heteroatoms. The highest BCUT2D eigenvalue weighted by Crippen LogP contribution is 2.21. The molecule has 0 unspecified atom stereocenters. The van der Waals surface area contributed by atoms with E-state index in [9.17, 15) is 13.2 Å². The Morgan fingerprint density at radius 1 is 0.794 bits per heavy atom. The Labute approximate surface area is 202 Å². The highest BCUT2D eigenvalue weighted by molar-refractivity contribution is 7.92. The zero-order valence-corrected chi connectivity index (χ0v) is 21.0. The third-order valence-electron chi connectivity index (χ3n) is 6.75. The quantitative estimate of drug-likeness (QED) is 0.622. The molecule has 0 saturated carbocycles. The summed E-state index contributed by atoms with van der Waals surface area (Å²) in [6.45, 7) is 8.13. The Morgan fingerprint density at radius 3 is 1.82 bits per heavy atom. The molecule has 1 aromatic carbocycles. The van der Waals surface area contributed by atoms with Gasteiger partial charge in [0.1, 0.15) is 0 Å². The first-order valence-corrected chi connectivity index (χ1v) is 13.8. The second-order valence-electron chi connectivity index (χ2n) is 9.43. The monoisotopic (exact) mass is 485 g/mol. The average molecular weight is 486 g/mol. The first-order valence-electron chi connectivity index (χ1n) is 12.3. The Hall–Kier alpha value is -2.68. The van der Waals surface area contributed by atoms with E-state index >= 15 is 0 Å². The van der Waals surface area contributed by atoms with Gasteiger partial charge in [0, 0.05) is 39.3 Å². The summed E-state index contributed by atoms with van der Waals surface area (Å²) in [4.78, 5) is 19.5. The van der Waals surface area contributed by atoms with Gasteiger partial charge in [0.15, 0.2) is 21.5 Å². The van der Waals surface area contributed by atoms with Crippen molar-refractivity contribution in [2.24, 2.45) is 0 Å². The highest BCUT2D eigenvalue weighted by atomic mass is 32.2. The molecule has 184 valence electrons. The van der Waals surface area contributed by atoms with Crippen LogP contribution in [-0.4, -0.2) is 73.9 Å². The summed E-state index contributed by atoms with van der Waals surface area (Å²) in [5.74, 6) is 1.86. The molecule has 1 amide bonds. The summed E-state index contributed by atoms with van der Waals surface area (Å²) in [6.07, 6.45) is 5.26. The molecular weight excluding hydrogens is 450 g/mol. The van der Waals surface area contributed by atoms with E-state index < -0.39 is 15.1 Å². The fraction of sp³-hybridized carbons (Fsp3) is 0.560. The number of rotatable bonds is 6. The Kier molecular flexibility index (Phi) is 7.70. The van der Waals surface area contributed by atoms with E-state index in [1.165, 1.54) is 25.7 Å². The van der Waals surface area contributed by atoms with Gasteiger partial charge in [-0.2, -0.15) is 0 Å². The van der Waals surface area contributed by atoms with E-state index in [0.29, 0.717) is 18.0 Å². The van der Waals surface area contributed by atoms with Crippen LogP contribution in [0.25, 0.3) is 0 Å². The Balaban J connectivity index is 1.29. The Morgan fingerprint density at radius 2 is 1.32 bits per heavy atom. The maximum absolute atomic E-state index is 12.8. The number of aromatic nitrogens is 2. The lowest BCUT2D eigenvalue weighted by atomic mass is 10.1. The number of benzene rings is 1. The Bertz CT molecular complexity index is 1050. The van der Waals surface area contributed by atoms with Gasteiger partial charge in [-0.05, 0) is 56.5 Å². The molecule has 2 fully saturated rings. The van der Waals surface area contributed by atoms with Crippen LogP contribution >= 0.6 is 0 Å². The zero-order chi connectivity index (χ0) is 24.1. The van der Waals surface area contributed by atoms with Crippen LogP contribution in [0.2, 0.25) is 0 Å². The van der Waals surface area contributed by atoms with Crippen LogP contribution in [0.4, 0.5) is 11.6 Å². The number of piperazine rings is 1. The van der Waals surface area contributed by atoms with Crippen molar-refractivity contribution in [3.63, 3.8) is 0 Å². The largest absolute Gasteiger partial charge is 0.355 e. The fourth-order valence-electron chi connectivity index (χ4n) is 4.50. The van der Waals surface area contributed by atoms with Crippen molar-refractivity contribution in [2.45, 2.75) is 56.1 Å². The average Bonchev–Trinajstić information content (AvgIpc) is 3.14. The third-order valence-corrected chi connectivity index (χ3v) is 8.92. The van der Waals surface area contributed by atoms with Crippen LogP contribution in [0.5, 0.6) is 0 Å². The number of carbonyl (C=O) groups excluding carboxylic acids is 1. The summed E-state index contributed by atoms with van der Waals surface area (Å²) in [5.41, 5.74) is 0.824. The van der Waals surface area contributed by atoms with E-state index in [4.69, 9.17) is 0 Å². The van der Waals surface area contributed by atoms with E-state index in [2.05, 4.69) is 26.1 Å². The number of hydrogen-bond acceptors (Lipinski definition) is 7. The minimum atomic E-state index is -3.30. The standard InChI is InChI=1S/C25H35N5O3S/c1-20(2)34(32,33)22-9-7-21(8-10-22)19-25(31)30-17-15-29(16-18-30)24-12-11-23(26-27-24)28-13-5-3-4-6-14-28/h7-12,20H,3-6,13-19H2,1-2H3. The lowest BCUT2D eigenvalue weighted by Gasteiger charge is -2.35. The summed E-state index contributed by atoms with van der Waals surface area (Å²) in [7, 11) is -3.30. The third kappa shape index (κ3) is 5.68. The molecule has 1 aromatic heterocycles. The van der Waals surface area contributed by atoms with Gasteiger partial charge in [-0.15, -0.1) is 10.2 Å². The molecule has 0 radical (unpaired) electrons. The van der Waals surface area contributed by atoms with Crippen LogP contribution in [0.1, 0.15) is 45.1 Å². The molecule has 2 aromatic rings. The molecule has 34 heavy (non-hydrogen) atoms. The summed E-state index contributed by atoms with van der Waals surface area (Å²) >= 11 is 0. The molecule has 0 aliphatic carbocycles. The van der Waals surface area contributed by atoms with Crippen molar-refractivity contribution in [1.29, 1.82) is 0 Å². The number of hydrogen-bond donors (Lipinski definition) is 0. The number of sulfone groups is 1. The van der Waals surface area contributed by atoms with Gasteiger partial charge in [0.25, 0.3) is 0 Å². The second kappa shape index (κ2) is 10.7. The smallest absolute Gasteiger partial charge is 0.227 e.